The van der Waals surface area contributed by atoms with Gasteiger partial charge >= 0.3 is 0 Å². The zero-order valence-electron chi connectivity index (χ0n) is 27.0. The number of nitrogens with zero attached hydrogens (tertiary/aromatic N) is 4. The van der Waals surface area contributed by atoms with Crippen molar-refractivity contribution in [3.05, 3.63) is 138 Å². The lowest BCUT2D eigenvalue weighted by molar-refractivity contribution is 0.102. The smallest absolute Gasteiger partial charge is 0.257 e. The first kappa shape index (κ1) is 32.0. The Morgan fingerprint density at radius 2 is 1.56 bits per heavy atom. The van der Waals surface area contributed by atoms with E-state index < -0.39 is 11.8 Å². The van der Waals surface area contributed by atoms with Crippen molar-refractivity contribution < 1.29 is 19.1 Å². The highest BCUT2D eigenvalue weighted by atomic mass is 16.5. The fourth-order valence-electron chi connectivity index (χ4n) is 5.41. The molecule has 0 aliphatic carbocycles. The van der Waals surface area contributed by atoms with Gasteiger partial charge in [0.1, 0.15) is 0 Å². The number of carbonyl (C=O) groups is 2. The van der Waals surface area contributed by atoms with Crippen molar-refractivity contribution in [2.45, 2.75) is 13.0 Å². The second-order valence-corrected chi connectivity index (χ2v) is 11.4. The number of benzene rings is 4. The number of amides is 2. The molecule has 10 nitrogen and oxygen atoms in total. The molecule has 2 N–H and O–H groups in total. The number of hydrogen-bond donors (Lipinski definition) is 2. The van der Waals surface area contributed by atoms with Gasteiger partial charge in [0.2, 0.25) is 0 Å². The van der Waals surface area contributed by atoms with Gasteiger partial charge in [0.25, 0.3) is 11.8 Å². The number of nitrogens with one attached hydrogen (secondary N) is 2. The van der Waals surface area contributed by atoms with E-state index in [2.05, 4.69) is 56.8 Å². The monoisotopic (exact) mass is 640 g/mol. The van der Waals surface area contributed by atoms with Crippen LogP contribution in [0.3, 0.4) is 0 Å². The van der Waals surface area contributed by atoms with E-state index in [0.29, 0.717) is 22.7 Å². The molecule has 0 atom stereocenters. The van der Waals surface area contributed by atoms with Crippen LogP contribution < -0.4 is 20.1 Å². The maximum Gasteiger partial charge on any atom is 0.257 e. The van der Waals surface area contributed by atoms with E-state index in [9.17, 15) is 9.59 Å². The van der Waals surface area contributed by atoms with Gasteiger partial charge in [-0.15, -0.1) is 0 Å². The molecule has 2 amide bonds. The maximum atomic E-state index is 13.6. The van der Waals surface area contributed by atoms with Gasteiger partial charge in [-0.25, -0.2) is 4.98 Å². The third-order valence-electron chi connectivity index (χ3n) is 8.05. The Morgan fingerprint density at radius 1 is 0.833 bits per heavy atom. The average Bonchev–Trinajstić information content (AvgIpc) is 3.66. The molecule has 0 saturated heterocycles. The lowest BCUT2D eigenvalue weighted by Crippen LogP contribution is -2.20. The van der Waals surface area contributed by atoms with E-state index in [1.54, 1.807) is 30.7 Å². The van der Waals surface area contributed by atoms with Crippen LogP contribution in [-0.4, -0.2) is 59.1 Å². The van der Waals surface area contributed by atoms with E-state index in [0.717, 1.165) is 41.7 Å². The number of anilines is 2. The van der Waals surface area contributed by atoms with Crippen LogP contribution in [0.15, 0.2) is 116 Å². The molecule has 2 heterocycles. The number of hydrogen-bond acceptors (Lipinski definition) is 7. The highest BCUT2D eigenvalue weighted by molar-refractivity contribution is 6.13. The van der Waals surface area contributed by atoms with Crippen LogP contribution in [0.4, 0.5) is 11.4 Å². The first-order chi connectivity index (χ1) is 23.4. The fraction of sp³-hybridized carbons (Fsp3) is 0.158. The first-order valence-electron chi connectivity index (χ1n) is 15.5. The minimum absolute atomic E-state index is 0.221. The van der Waals surface area contributed by atoms with Crippen molar-refractivity contribution in [3.63, 3.8) is 0 Å². The maximum absolute atomic E-state index is 13.6. The molecule has 242 valence electrons. The lowest BCUT2D eigenvalue weighted by Gasteiger charge is -2.17. The van der Waals surface area contributed by atoms with Gasteiger partial charge in [0.15, 0.2) is 11.5 Å². The molecular formula is C38H36N6O4. The zero-order valence-corrected chi connectivity index (χ0v) is 27.0. The molecule has 6 aromatic rings. The van der Waals surface area contributed by atoms with Crippen LogP contribution in [0.5, 0.6) is 11.5 Å². The molecule has 6 rings (SSSR count). The van der Waals surface area contributed by atoms with Crippen LogP contribution in [0.2, 0.25) is 0 Å². The number of pyridine rings is 1. The lowest BCUT2D eigenvalue weighted by atomic mass is 10.1. The van der Waals surface area contributed by atoms with Crippen LogP contribution >= 0.6 is 0 Å². The molecule has 4 aromatic carbocycles. The summed E-state index contributed by atoms with van der Waals surface area (Å²) in [5.41, 5.74) is 5.74. The molecule has 0 saturated carbocycles. The largest absolute Gasteiger partial charge is 0.493 e. The molecule has 0 radical (unpaired) electrons. The summed E-state index contributed by atoms with van der Waals surface area (Å²) in [5, 5.41) is 6.65. The summed E-state index contributed by atoms with van der Waals surface area (Å²) in [6.45, 7) is 1.70. The van der Waals surface area contributed by atoms with Gasteiger partial charge in [-0.2, -0.15) is 0 Å². The van der Waals surface area contributed by atoms with Crippen molar-refractivity contribution in [3.8, 4) is 17.2 Å². The highest BCUT2D eigenvalue weighted by Crippen LogP contribution is 2.34. The van der Waals surface area contributed by atoms with E-state index in [1.807, 2.05) is 59.3 Å². The Morgan fingerprint density at radius 3 is 2.29 bits per heavy atom. The summed E-state index contributed by atoms with van der Waals surface area (Å²) in [6.07, 6.45) is 7.85. The summed E-state index contributed by atoms with van der Waals surface area (Å²) in [7, 11) is 5.10. The minimum Gasteiger partial charge on any atom is -0.493 e. The number of ether oxygens (including phenoxy) is 2. The van der Waals surface area contributed by atoms with Gasteiger partial charge in [-0.1, -0.05) is 42.5 Å². The topological polar surface area (TPSA) is 111 Å². The van der Waals surface area contributed by atoms with E-state index in [1.165, 1.54) is 26.0 Å². The van der Waals surface area contributed by atoms with Gasteiger partial charge < -0.3 is 29.6 Å². The quantitative estimate of drug-likeness (QED) is 0.155. The zero-order chi connectivity index (χ0) is 33.5. The summed E-state index contributed by atoms with van der Waals surface area (Å²) in [5.74, 6) is -0.0757. The number of aromatic nitrogens is 3. The predicted octanol–water partition coefficient (Wildman–Crippen LogP) is 6.62. The standard InChI is InChI=1S/C38H36N6O4/c1-43(24-27-10-14-31(15-11-27)44-19-17-39-25-44)18-16-26-8-12-30(13-9-26)41-38(46)32-21-35(47-2)36(48-3)22-34(32)42-37(45)29-20-28-6-4-5-7-33(28)40-23-29/h4-15,17,19-23,25H,16,18,24H2,1-3H3,(H,41,46)(H,42,45). The number of methoxy groups -OCH3 is 2. The van der Waals surface area contributed by atoms with Crippen molar-refractivity contribution in [1.82, 2.24) is 19.4 Å². The summed E-state index contributed by atoms with van der Waals surface area (Å²) >= 11 is 0. The molecule has 0 unspecified atom stereocenters. The summed E-state index contributed by atoms with van der Waals surface area (Å²) in [6, 6.07) is 28.7. The van der Waals surface area contributed by atoms with Crippen LogP contribution in [-0.2, 0) is 13.0 Å². The van der Waals surface area contributed by atoms with Gasteiger partial charge in [-0.3, -0.25) is 14.6 Å². The number of rotatable bonds is 12. The molecule has 10 heteroatoms. The predicted molar refractivity (Wildman–Crippen MR) is 187 cm³/mol. The molecule has 0 bridgehead atoms. The van der Waals surface area contributed by atoms with Crippen LogP contribution in [0.25, 0.3) is 16.6 Å². The minimum atomic E-state index is -0.408. The highest BCUT2D eigenvalue weighted by Gasteiger charge is 2.20. The Labute approximate surface area is 279 Å². The number of likely N-dealkylation sites (N-methyl/N-ethyl adjacent to an activating group) is 1. The third kappa shape index (κ3) is 7.51. The van der Waals surface area contributed by atoms with Crippen LogP contribution in [0.1, 0.15) is 31.8 Å². The average molecular weight is 641 g/mol. The summed E-state index contributed by atoms with van der Waals surface area (Å²) < 4.78 is 12.9. The molecule has 48 heavy (non-hydrogen) atoms. The van der Waals surface area contributed by atoms with E-state index in [-0.39, 0.29) is 11.3 Å². The number of para-hydroxylation sites is 1. The Bertz CT molecular complexity index is 2030. The van der Waals surface area contributed by atoms with Gasteiger partial charge in [0.05, 0.1) is 42.9 Å². The Hall–Kier alpha value is -6.00. The molecule has 0 spiro atoms. The number of imidazole rings is 1. The SMILES string of the molecule is COc1cc(NC(=O)c2cnc3ccccc3c2)c(C(=O)Nc2ccc(CCN(C)Cc3ccc(-n4ccnc4)cc3)cc2)cc1OC. The molecule has 0 aliphatic heterocycles. The first-order valence-corrected chi connectivity index (χ1v) is 15.5. The van der Waals surface area contributed by atoms with Crippen molar-refractivity contribution in [2.24, 2.45) is 0 Å². The Balaban J connectivity index is 1.09. The number of carbonyl (C=O) groups excluding carboxylic acids is 2. The second kappa shape index (κ2) is 14.6. The van der Waals surface area contributed by atoms with Gasteiger partial charge in [0, 0.05) is 54.5 Å². The summed E-state index contributed by atoms with van der Waals surface area (Å²) in [4.78, 5) is 37.6. The Kier molecular flexibility index (Phi) is 9.73. The van der Waals surface area contributed by atoms with Crippen molar-refractivity contribution >= 4 is 34.1 Å². The third-order valence-corrected chi connectivity index (χ3v) is 8.05. The van der Waals surface area contributed by atoms with Crippen LogP contribution in [0, 0.1) is 0 Å². The van der Waals surface area contributed by atoms with E-state index in [4.69, 9.17) is 9.47 Å². The van der Waals surface area contributed by atoms with Crippen molar-refractivity contribution in [2.75, 3.05) is 38.4 Å². The second-order valence-electron chi connectivity index (χ2n) is 11.4. The molecule has 0 fully saturated rings. The molecule has 0 aliphatic rings. The normalized spacial score (nSPS) is 11.0. The van der Waals surface area contributed by atoms with E-state index >= 15 is 0 Å². The molecule has 2 aromatic heterocycles. The molecular weight excluding hydrogens is 604 g/mol. The van der Waals surface area contributed by atoms with Gasteiger partial charge in [-0.05, 0) is 67.1 Å². The fourth-order valence-corrected chi connectivity index (χ4v) is 5.41. The van der Waals surface area contributed by atoms with Crippen molar-refractivity contribution in [1.29, 1.82) is 0 Å². The number of fused-ring (bicyclic) bond motifs is 1.